The molecule has 4 aromatic rings. The van der Waals surface area contributed by atoms with Gasteiger partial charge in [-0.25, -0.2) is 4.98 Å². The average Bonchev–Trinajstić information content (AvgIpc) is 3.31. The monoisotopic (exact) mass is 493 g/mol. The van der Waals surface area contributed by atoms with E-state index in [2.05, 4.69) is 10.3 Å². The van der Waals surface area contributed by atoms with Crippen LogP contribution in [0.5, 0.6) is 0 Å². The number of carbonyl (C=O) groups excluding carboxylic acids is 2. The second-order valence-corrected chi connectivity index (χ2v) is 7.94. The Hall–Kier alpha value is -4.40. The van der Waals surface area contributed by atoms with Crippen molar-refractivity contribution in [3.05, 3.63) is 96.4 Å². The van der Waals surface area contributed by atoms with Gasteiger partial charge in [-0.05, 0) is 18.2 Å². The van der Waals surface area contributed by atoms with E-state index in [1.54, 1.807) is 11.4 Å². The second kappa shape index (κ2) is 10.9. The van der Waals surface area contributed by atoms with Crippen LogP contribution < -0.4 is 10.6 Å². The third kappa shape index (κ3) is 6.59. The van der Waals surface area contributed by atoms with E-state index in [0.717, 1.165) is 11.1 Å². The van der Waals surface area contributed by atoms with Crippen molar-refractivity contribution in [3.63, 3.8) is 0 Å². The lowest BCUT2D eigenvalue weighted by Gasteiger charge is -2.10. The summed E-state index contributed by atoms with van der Waals surface area (Å²) in [4.78, 5) is 29.1. The fourth-order valence-electron chi connectivity index (χ4n) is 3.51. The van der Waals surface area contributed by atoms with Gasteiger partial charge in [-0.3, -0.25) is 9.59 Å². The third-order valence-electron chi connectivity index (χ3n) is 5.18. The van der Waals surface area contributed by atoms with Crippen LogP contribution in [-0.2, 0) is 11.2 Å². The summed E-state index contributed by atoms with van der Waals surface area (Å²) in [5.74, 6) is -0.244. The number of amides is 2. The predicted octanol–water partition coefficient (Wildman–Crippen LogP) is 5.87. The van der Waals surface area contributed by atoms with Crippen LogP contribution >= 0.6 is 0 Å². The summed E-state index contributed by atoms with van der Waals surface area (Å²) < 4.78 is 43.1. The molecule has 0 aliphatic carbocycles. The largest absolute Gasteiger partial charge is 0.440 e. The van der Waals surface area contributed by atoms with Gasteiger partial charge >= 0.3 is 6.18 Å². The number of halogens is 3. The van der Waals surface area contributed by atoms with Gasteiger partial charge < -0.3 is 15.1 Å². The fourth-order valence-corrected chi connectivity index (χ4v) is 3.51. The molecule has 0 saturated heterocycles. The van der Waals surface area contributed by atoms with Crippen molar-refractivity contribution in [3.8, 4) is 22.6 Å². The maximum absolute atomic E-state index is 12.5. The Morgan fingerprint density at radius 2 is 1.53 bits per heavy atom. The summed E-state index contributed by atoms with van der Waals surface area (Å²) in [6.45, 7) is -1.44. The zero-order chi connectivity index (χ0) is 25.5. The lowest BCUT2D eigenvalue weighted by atomic mass is 10.1. The van der Waals surface area contributed by atoms with E-state index in [1.165, 1.54) is 18.2 Å². The van der Waals surface area contributed by atoms with E-state index >= 15 is 0 Å². The molecule has 1 heterocycles. The maximum atomic E-state index is 12.5. The molecule has 0 radical (unpaired) electrons. The smallest absolute Gasteiger partial charge is 0.405 e. The number of aryl methyl sites for hydroxylation is 1. The Morgan fingerprint density at radius 3 is 2.19 bits per heavy atom. The van der Waals surface area contributed by atoms with E-state index in [9.17, 15) is 22.8 Å². The van der Waals surface area contributed by atoms with Crippen LogP contribution in [0.2, 0.25) is 0 Å². The number of carbonyl (C=O) groups is 2. The summed E-state index contributed by atoms with van der Waals surface area (Å²) in [7, 11) is 0. The van der Waals surface area contributed by atoms with Crippen LogP contribution in [0.15, 0.2) is 89.3 Å². The summed E-state index contributed by atoms with van der Waals surface area (Å²) in [6, 6.07) is 24.8. The van der Waals surface area contributed by atoms with Crippen LogP contribution in [0.25, 0.3) is 22.6 Å². The normalized spacial score (nSPS) is 11.2. The van der Waals surface area contributed by atoms with E-state index in [-0.39, 0.29) is 24.3 Å². The molecule has 6 nitrogen and oxygen atoms in total. The molecule has 0 saturated carbocycles. The van der Waals surface area contributed by atoms with E-state index < -0.39 is 18.6 Å². The Morgan fingerprint density at radius 1 is 0.861 bits per heavy atom. The van der Waals surface area contributed by atoms with E-state index in [0.29, 0.717) is 23.0 Å². The van der Waals surface area contributed by atoms with Crippen LogP contribution in [0.1, 0.15) is 22.7 Å². The van der Waals surface area contributed by atoms with Crippen LogP contribution in [0, 0.1) is 0 Å². The molecular weight excluding hydrogens is 471 g/mol. The topological polar surface area (TPSA) is 84.2 Å². The highest BCUT2D eigenvalue weighted by Gasteiger charge is 2.28. The maximum Gasteiger partial charge on any atom is 0.405 e. The fraction of sp³-hybridized carbons (Fsp3) is 0.148. The number of hydrogen-bond acceptors (Lipinski definition) is 4. The standard InChI is InChI=1S/C27H22F3N3O3/c28-27(29,30)17-31-26(35)20-12-7-13-21(16-20)32-22(34)14-15-23-33-24(18-8-3-1-4-9-18)25(36-23)19-10-5-2-6-11-19/h1-13,16H,14-15,17H2,(H,31,35)(H,32,34). The van der Waals surface area contributed by atoms with Gasteiger partial charge in [0.15, 0.2) is 11.7 Å². The quantitative estimate of drug-likeness (QED) is 0.322. The van der Waals surface area contributed by atoms with E-state index in [4.69, 9.17) is 4.42 Å². The highest BCUT2D eigenvalue weighted by Crippen LogP contribution is 2.32. The Kier molecular flexibility index (Phi) is 7.48. The molecule has 9 heteroatoms. The first kappa shape index (κ1) is 24.7. The molecule has 1 aromatic heterocycles. The molecule has 0 aliphatic rings. The highest BCUT2D eigenvalue weighted by molar-refractivity contribution is 5.97. The summed E-state index contributed by atoms with van der Waals surface area (Å²) in [6.07, 6.45) is -4.24. The van der Waals surface area contributed by atoms with Gasteiger partial charge in [0.25, 0.3) is 5.91 Å². The van der Waals surface area contributed by atoms with Crippen molar-refractivity contribution in [2.75, 3.05) is 11.9 Å². The molecular formula is C27H22F3N3O3. The van der Waals surface area contributed by atoms with Gasteiger partial charge in [-0.2, -0.15) is 13.2 Å². The van der Waals surface area contributed by atoms with Gasteiger partial charge in [0.1, 0.15) is 12.2 Å². The minimum Gasteiger partial charge on any atom is -0.440 e. The molecule has 0 fully saturated rings. The number of rotatable bonds is 8. The lowest BCUT2D eigenvalue weighted by Crippen LogP contribution is -2.33. The van der Waals surface area contributed by atoms with Gasteiger partial charge in [0, 0.05) is 35.2 Å². The molecule has 36 heavy (non-hydrogen) atoms. The minimum absolute atomic E-state index is 0.00440. The number of alkyl halides is 3. The Labute approximate surface area is 205 Å². The number of hydrogen-bond donors (Lipinski definition) is 2. The number of anilines is 1. The molecule has 0 spiro atoms. The molecule has 0 unspecified atom stereocenters. The first-order valence-electron chi connectivity index (χ1n) is 11.1. The molecule has 2 amide bonds. The Bertz CT molecular complexity index is 1280. The van der Waals surface area contributed by atoms with Gasteiger partial charge in [-0.15, -0.1) is 0 Å². The number of nitrogens with zero attached hydrogens (tertiary/aromatic N) is 1. The Balaban J connectivity index is 1.43. The van der Waals surface area contributed by atoms with Crippen LogP contribution in [0.3, 0.4) is 0 Å². The first-order valence-corrected chi connectivity index (χ1v) is 11.1. The van der Waals surface area contributed by atoms with Crippen molar-refractivity contribution < 1.29 is 27.2 Å². The van der Waals surface area contributed by atoms with Gasteiger partial charge in [-0.1, -0.05) is 66.7 Å². The van der Waals surface area contributed by atoms with E-state index in [1.807, 2.05) is 60.7 Å². The minimum atomic E-state index is -4.51. The summed E-state index contributed by atoms with van der Waals surface area (Å²) in [5.41, 5.74) is 2.72. The second-order valence-electron chi connectivity index (χ2n) is 7.94. The molecule has 4 rings (SSSR count). The van der Waals surface area contributed by atoms with Crippen LogP contribution in [0.4, 0.5) is 18.9 Å². The predicted molar refractivity (Wildman–Crippen MR) is 129 cm³/mol. The summed E-state index contributed by atoms with van der Waals surface area (Å²) in [5, 5.41) is 4.46. The SMILES string of the molecule is O=C(CCc1nc(-c2ccccc2)c(-c2ccccc2)o1)Nc1cccc(C(=O)NCC(F)(F)F)c1. The number of aromatic nitrogens is 1. The number of oxazole rings is 1. The number of benzene rings is 3. The highest BCUT2D eigenvalue weighted by atomic mass is 19.4. The average molecular weight is 493 g/mol. The lowest BCUT2D eigenvalue weighted by molar-refractivity contribution is -0.123. The molecule has 0 aliphatic heterocycles. The van der Waals surface area contributed by atoms with Gasteiger partial charge in [0.2, 0.25) is 5.91 Å². The molecule has 0 atom stereocenters. The van der Waals surface area contributed by atoms with Gasteiger partial charge in [0.05, 0.1) is 0 Å². The zero-order valence-corrected chi connectivity index (χ0v) is 19.0. The van der Waals surface area contributed by atoms with Crippen LogP contribution in [-0.4, -0.2) is 29.5 Å². The molecule has 184 valence electrons. The first-order chi connectivity index (χ1) is 17.3. The van der Waals surface area contributed by atoms with Crippen molar-refractivity contribution in [1.29, 1.82) is 0 Å². The molecule has 3 aromatic carbocycles. The number of nitrogens with one attached hydrogen (secondary N) is 2. The molecule has 2 N–H and O–H groups in total. The third-order valence-corrected chi connectivity index (χ3v) is 5.18. The zero-order valence-electron chi connectivity index (χ0n) is 19.0. The summed E-state index contributed by atoms with van der Waals surface area (Å²) >= 11 is 0. The van der Waals surface area contributed by atoms with Crippen molar-refractivity contribution in [2.24, 2.45) is 0 Å². The van der Waals surface area contributed by atoms with Crippen molar-refractivity contribution in [1.82, 2.24) is 10.3 Å². The molecule has 0 bridgehead atoms. The van der Waals surface area contributed by atoms with Crippen molar-refractivity contribution >= 4 is 17.5 Å². The van der Waals surface area contributed by atoms with Crippen molar-refractivity contribution in [2.45, 2.75) is 19.0 Å².